The van der Waals surface area contributed by atoms with Crippen LogP contribution in [0.4, 0.5) is 10.1 Å². The molecule has 4 nitrogen and oxygen atoms in total. The zero-order valence-corrected chi connectivity index (χ0v) is 11.2. The van der Waals surface area contributed by atoms with Crippen LogP contribution in [0.1, 0.15) is 11.1 Å². The lowest BCUT2D eigenvalue weighted by atomic mass is 10.1. The van der Waals surface area contributed by atoms with Crippen molar-refractivity contribution in [1.82, 2.24) is 0 Å². The first-order chi connectivity index (χ1) is 10.1. The summed E-state index contributed by atoms with van der Waals surface area (Å²) in [6.07, 6.45) is 0. The predicted molar refractivity (Wildman–Crippen MR) is 76.2 cm³/mol. The largest absolute Gasteiger partial charge is 0.480 e. The fourth-order valence-electron chi connectivity index (χ4n) is 2.04. The fourth-order valence-corrected chi connectivity index (χ4v) is 2.04. The summed E-state index contributed by atoms with van der Waals surface area (Å²) >= 11 is 0. The molecule has 106 valence electrons. The number of nitrogens with zero attached hydrogens (tertiary/aromatic N) is 2. The van der Waals surface area contributed by atoms with Crippen LogP contribution in [0.3, 0.4) is 0 Å². The van der Waals surface area contributed by atoms with E-state index in [4.69, 9.17) is 10.4 Å². The third-order valence-corrected chi connectivity index (χ3v) is 3.00. The summed E-state index contributed by atoms with van der Waals surface area (Å²) < 4.78 is 13.1. The molecular formula is C16H13FN2O2. The summed E-state index contributed by atoms with van der Waals surface area (Å²) in [4.78, 5) is 12.6. The van der Waals surface area contributed by atoms with E-state index in [-0.39, 0.29) is 18.7 Å². The number of aliphatic carboxylic acids is 1. The van der Waals surface area contributed by atoms with Gasteiger partial charge in [0.15, 0.2) is 0 Å². The fraction of sp³-hybridized carbons (Fsp3) is 0.125. The lowest BCUT2D eigenvalue weighted by Gasteiger charge is -2.23. The molecule has 1 N–H and O–H groups in total. The van der Waals surface area contributed by atoms with Crippen LogP contribution in [0.2, 0.25) is 0 Å². The first kappa shape index (κ1) is 14.5. The van der Waals surface area contributed by atoms with Crippen LogP contribution < -0.4 is 4.90 Å². The second kappa shape index (κ2) is 6.53. The van der Waals surface area contributed by atoms with Crippen molar-refractivity contribution in [3.05, 3.63) is 65.5 Å². The zero-order chi connectivity index (χ0) is 15.2. The molecule has 2 rings (SSSR count). The van der Waals surface area contributed by atoms with Gasteiger partial charge in [-0.3, -0.25) is 4.79 Å². The summed E-state index contributed by atoms with van der Waals surface area (Å²) in [7, 11) is 0. The molecule has 0 saturated heterocycles. The standard InChI is InChI=1S/C16H13FN2O2/c17-14-7-6-12(13(8-14)9-18)10-19(11-16(20)21)15-4-2-1-3-5-15/h1-8H,10-11H2,(H,20,21). The molecule has 0 unspecified atom stereocenters. The Hall–Kier alpha value is -2.87. The van der Waals surface area contributed by atoms with Gasteiger partial charge in [-0.1, -0.05) is 24.3 Å². The van der Waals surface area contributed by atoms with Gasteiger partial charge in [0.2, 0.25) is 0 Å². The van der Waals surface area contributed by atoms with Gasteiger partial charge in [0.25, 0.3) is 0 Å². The quantitative estimate of drug-likeness (QED) is 0.917. The maximum Gasteiger partial charge on any atom is 0.323 e. The van der Waals surface area contributed by atoms with Gasteiger partial charge in [0, 0.05) is 12.2 Å². The van der Waals surface area contributed by atoms with Crippen LogP contribution in [0, 0.1) is 17.1 Å². The van der Waals surface area contributed by atoms with Gasteiger partial charge in [0.1, 0.15) is 12.4 Å². The number of para-hydroxylation sites is 1. The van der Waals surface area contributed by atoms with Crippen LogP contribution in [0.25, 0.3) is 0 Å². The van der Waals surface area contributed by atoms with Crippen molar-refractivity contribution in [3.63, 3.8) is 0 Å². The van der Waals surface area contributed by atoms with Crippen molar-refractivity contribution in [2.75, 3.05) is 11.4 Å². The van der Waals surface area contributed by atoms with Gasteiger partial charge in [-0.05, 0) is 29.8 Å². The Balaban J connectivity index is 2.32. The number of carboxylic acid groups (broad SMARTS) is 1. The minimum atomic E-state index is -0.973. The van der Waals surface area contributed by atoms with Gasteiger partial charge in [-0.15, -0.1) is 0 Å². The summed E-state index contributed by atoms with van der Waals surface area (Å²) in [5.74, 6) is -1.46. The summed E-state index contributed by atoms with van der Waals surface area (Å²) in [6.45, 7) is 0.0196. The van der Waals surface area contributed by atoms with E-state index < -0.39 is 11.8 Å². The molecule has 2 aromatic rings. The lowest BCUT2D eigenvalue weighted by Crippen LogP contribution is -2.29. The van der Waals surface area contributed by atoms with Crippen LogP contribution in [0.5, 0.6) is 0 Å². The molecule has 0 aliphatic carbocycles. The zero-order valence-electron chi connectivity index (χ0n) is 11.2. The van der Waals surface area contributed by atoms with E-state index in [0.717, 1.165) is 11.8 Å². The first-order valence-electron chi connectivity index (χ1n) is 6.30. The van der Waals surface area contributed by atoms with E-state index in [2.05, 4.69) is 0 Å². The van der Waals surface area contributed by atoms with E-state index in [9.17, 15) is 9.18 Å². The summed E-state index contributed by atoms with van der Waals surface area (Å²) in [6, 6.07) is 14.9. The van der Waals surface area contributed by atoms with E-state index >= 15 is 0 Å². The smallest absolute Gasteiger partial charge is 0.323 e. The number of carboxylic acids is 1. The highest BCUT2D eigenvalue weighted by Gasteiger charge is 2.13. The van der Waals surface area contributed by atoms with Gasteiger partial charge >= 0.3 is 5.97 Å². The molecule has 0 saturated carbocycles. The molecule has 0 aliphatic rings. The van der Waals surface area contributed by atoms with Crippen molar-refractivity contribution in [2.24, 2.45) is 0 Å². The van der Waals surface area contributed by atoms with E-state index in [1.165, 1.54) is 12.1 Å². The van der Waals surface area contributed by atoms with Crippen molar-refractivity contribution in [1.29, 1.82) is 5.26 Å². The van der Waals surface area contributed by atoms with Crippen molar-refractivity contribution >= 4 is 11.7 Å². The third-order valence-electron chi connectivity index (χ3n) is 3.00. The van der Waals surface area contributed by atoms with Crippen LogP contribution in [-0.4, -0.2) is 17.6 Å². The third kappa shape index (κ3) is 3.80. The Kier molecular flexibility index (Phi) is 4.52. The maximum atomic E-state index is 13.1. The number of carbonyl (C=O) groups is 1. The summed E-state index contributed by atoms with van der Waals surface area (Å²) in [5, 5.41) is 18.1. The molecular weight excluding hydrogens is 271 g/mol. The van der Waals surface area contributed by atoms with Crippen molar-refractivity contribution < 1.29 is 14.3 Å². The maximum absolute atomic E-state index is 13.1. The Morgan fingerprint density at radius 3 is 2.57 bits per heavy atom. The highest BCUT2D eigenvalue weighted by molar-refractivity contribution is 5.73. The Morgan fingerprint density at radius 1 is 1.24 bits per heavy atom. The molecule has 2 aromatic carbocycles. The van der Waals surface area contributed by atoms with E-state index in [1.54, 1.807) is 29.2 Å². The monoisotopic (exact) mass is 284 g/mol. The lowest BCUT2D eigenvalue weighted by molar-refractivity contribution is -0.135. The normalized spacial score (nSPS) is 9.90. The SMILES string of the molecule is N#Cc1cc(F)ccc1CN(CC(=O)O)c1ccccc1. The molecule has 0 amide bonds. The number of halogens is 1. The van der Waals surface area contributed by atoms with Gasteiger partial charge in [0.05, 0.1) is 11.6 Å². The van der Waals surface area contributed by atoms with Crippen molar-refractivity contribution in [2.45, 2.75) is 6.54 Å². The molecule has 5 heteroatoms. The number of benzene rings is 2. The topological polar surface area (TPSA) is 64.3 Å². The number of rotatable bonds is 5. The molecule has 0 fully saturated rings. The molecule has 0 bridgehead atoms. The number of hydrogen-bond donors (Lipinski definition) is 1. The minimum absolute atomic E-state index is 0.202. The predicted octanol–water partition coefficient (Wildman–Crippen LogP) is 2.79. The minimum Gasteiger partial charge on any atom is -0.480 e. The van der Waals surface area contributed by atoms with Crippen LogP contribution >= 0.6 is 0 Å². The Morgan fingerprint density at radius 2 is 1.95 bits per heavy atom. The highest BCUT2D eigenvalue weighted by atomic mass is 19.1. The molecule has 0 spiro atoms. The number of hydrogen-bond acceptors (Lipinski definition) is 3. The van der Waals surface area contributed by atoms with Gasteiger partial charge in [-0.2, -0.15) is 5.26 Å². The summed E-state index contributed by atoms with van der Waals surface area (Å²) in [5.41, 5.74) is 1.53. The van der Waals surface area contributed by atoms with Crippen LogP contribution in [0.15, 0.2) is 48.5 Å². The second-order valence-electron chi connectivity index (χ2n) is 4.50. The molecule has 0 aliphatic heterocycles. The average molecular weight is 284 g/mol. The number of nitriles is 1. The Labute approximate surface area is 121 Å². The van der Waals surface area contributed by atoms with E-state index in [0.29, 0.717) is 5.56 Å². The number of anilines is 1. The molecule has 0 heterocycles. The second-order valence-corrected chi connectivity index (χ2v) is 4.50. The average Bonchev–Trinajstić information content (AvgIpc) is 2.48. The molecule has 0 aromatic heterocycles. The Bertz CT molecular complexity index is 680. The van der Waals surface area contributed by atoms with Crippen molar-refractivity contribution in [3.8, 4) is 6.07 Å². The van der Waals surface area contributed by atoms with Crippen LogP contribution in [-0.2, 0) is 11.3 Å². The molecule has 0 atom stereocenters. The highest BCUT2D eigenvalue weighted by Crippen LogP contribution is 2.19. The van der Waals surface area contributed by atoms with Gasteiger partial charge < -0.3 is 10.0 Å². The van der Waals surface area contributed by atoms with Gasteiger partial charge in [-0.25, -0.2) is 4.39 Å². The van der Waals surface area contributed by atoms with E-state index in [1.807, 2.05) is 12.1 Å². The first-order valence-corrected chi connectivity index (χ1v) is 6.30. The molecule has 0 radical (unpaired) electrons. The molecule has 21 heavy (non-hydrogen) atoms.